The lowest BCUT2D eigenvalue weighted by Gasteiger charge is -2.32. The molecule has 0 saturated carbocycles. The van der Waals surface area contributed by atoms with Crippen LogP contribution in [0.3, 0.4) is 0 Å². The van der Waals surface area contributed by atoms with Gasteiger partial charge in [0.15, 0.2) is 0 Å². The van der Waals surface area contributed by atoms with E-state index in [0.717, 1.165) is 16.4 Å². The Bertz CT molecular complexity index is 1380. The molecule has 11 heteroatoms. The van der Waals surface area contributed by atoms with Gasteiger partial charge in [-0.15, -0.1) is 0 Å². The molecule has 0 saturated heterocycles. The first-order valence-electron chi connectivity index (χ1n) is 12.9. The molecule has 0 spiro atoms. The summed E-state index contributed by atoms with van der Waals surface area (Å²) in [5.74, 6) is -1.05. The average molecular weight is 590 g/mol. The Kier molecular flexibility index (Phi) is 10.9. The molecule has 3 aromatic rings. The third kappa shape index (κ3) is 7.95. The zero-order valence-corrected chi connectivity index (χ0v) is 24.2. The molecule has 214 valence electrons. The Morgan fingerprint density at radius 2 is 1.60 bits per heavy atom. The Morgan fingerprint density at radius 1 is 0.975 bits per heavy atom. The molecule has 0 aliphatic rings. The Balaban J connectivity index is 2.00. The van der Waals surface area contributed by atoms with Crippen LogP contribution in [0.1, 0.15) is 32.8 Å². The number of hydrogen-bond acceptors (Lipinski definition) is 5. The lowest BCUT2D eigenvalue weighted by atomic mass is 10.1. The maximum Gasteiger partial charge on any atom is 0.264 e. The van der Waals surface area contributed by atoms with Crippen LogP contribution in [0.4, 0.5) is 10.1 Å². The molecule has 8 nitrogen and oxygen atoms in total. The lowest BCUT2D eigenvalue weighted by Crippen LogP contribution is -2.51. The predicted octanol–water partition coefficient (Wildman–Crippen LogP) is 5.02. The van der Waals surface area contributed by atoms with Crippen LogP contribution >= 0.6 is 11.6 Å². The number of amides is 2. The number of benzene rings is 3. The highest BCUT2D eigenvalue weighted by Crippen LogP contribution is 2.26. The molecule has 40 heavy (non-hydrogen) atoms. The monoisotopic (exact) mass is 589 g/mol. The summed E-state index contributed by atoms with van der Waals surface area (Å²) in [6.45, 7) is 5.56. The summed E-state index contributed by atoms with van der Waals surface area (Å²) in [5, 5.41) is 3.30. The van der Waals surface area contributed by atoms with Crippen LogP contribution < -0.4 is 14.4 Å². The van der Waals surface area contributed by atoms with Crippen LogP contribution in [0.15, 0.2) is 77.7 Å². The minimum atomic E-state index is -4.28. The summed E-state index contributed by atoms with van der Waals surface area (Å²) in [6, 6.07) is 16.5. The van der Waals surface area contributed by atoms with Crippen molar-refractivity contribution in [1.29, 1.82) is 0 Å². The van der Waals surface area contributed by atoms with Crippen LogP contribution in [0.5, 0.6) is 5.75 Å². The molecule has 2 amide bonds. The van der Waals surface area contributed by atoms with Crippen molar-refractivity contribution in [3.63, 3.8) is 0 Å². The van der Waals surface area contributed by atoms with Crippen molar-refractivity contribution >= 4 is 39.1 Å². The van der Waals surface area contributed by atoms with E-state index in [1.165, 1.54) is 41.3 Å². The highest BCUT2D eigenvalue weighted by atomic mass is 35.5. The minimum absolute atomic E-state index is 0.0388. The highest BCUT2D eigenvalue weighted by molar-refractivity contribution is 7.92. The summed E-state index contributed by atoms with van der Waals surface area (Å²) in [5.41, 5.74) is 0.800. The third-order valence-corrected chi connectivity index (χ3v) is 8.14. The fourth-order valence-corrected chi connectivity index (χ4v) is 5.44. The number of carbonyl (C=O) groups excluding carboxylic acids is 2. The van der Waals surface area contributed by atoms with Crippen molar-refractivity contribution in [2.24, 2.45) is 0 Å². The van der Waals surface area contributed by atoms with E-state index < -0.39 is 34.3 Å². The van der Waals surface area contributed by atoms with Gasteiger partial charge in [0.25, 0.3) is 10.0 Å². The normalized spacial score (nSPS) is 11.9. The maximum absolute atomic E-state index is 13.8. The van der Waals surface area contributed by atoms with E-state index in [-0.39, 0.29) is 23.0 Å². The van der Waals surface area contributed by atoms with Gasteiger partial charge in [-0.3, -0.25) is 13.9 Å². The van der Waals surface area contributed by atoms with Gasteiger partial charge in [-0.05, 0) is 86.5 Å². The van der Waals surface area contributed by atoms with Gasteiger partial charge in [-0.2, -0.15) is 0 Å². The summed E-state index contributed by atoms with van der Waals surface area (Å²) in [4.78, 5) is 27.9. The van der Waals surface area contributed by atoms with Crippen molar-refractivity contribution in [2.45, 2.75) is 44.7 Å². The Hall–Kier alpha value is -3.63. The molecule has 0 fully saturated rings. The van der Waals surface area contributed by atoms with E-state index in [4.69, 9.17) is 16.3 Å². The third-order valence-electron chi connectivity index (χ3n) is 6.10. The van der Waals surface area contributed by atoms with Crippen molar-refractivity contribution in [1.82, 2.24) is 10.2 Å². The standard InChI is InChI=1S/C29H33ClFN3O5S/c1-4-18-32-29(36)21(3)33(19-22-6-8-23(30)9-7-22)28(35)20-34(25-12-10-24(31)11-13-25)40(37,38)27-16-14-26(15-17-27)39-5-2/h6-17,21H,4-5,18-20H2,1-3H3,(H,32,36). The van der Waals surface area contributed by atoms with Gasteiger partial charge in [0, 0.05) is 18.1 Å². The highest BCUT2D eigenvalue weighted by Gasteiger charge is 2.32. The smallest absolute Gasteiger partial charge is 0.264 e. The van der Waals surface area contributed by atoms with Crippen molar-refractivity contribution in [3.05, 3.63) is 89.2 Å². The van der Waals surface area contributed by atoms with E-state index >= 15 is 0 Å². The number of hydrogen-bond donors (Lipinski definition) is 1. The van der Waals surface area contributed by atoms with E-state index in [9.17, 15) is 22.4 Å². The number of sulfonamides is 1. The van der Waals surface area contributed by atoms with Gasteiger partial charge >= 0.3 is 0 Å². The fourth-order valence-electron chi connectivity index (χ4n) is 3.90. The first-order valence-corrected chi connectivity index (χ1v) is 14.7. The molecule has 0 bridgehead atoms. The van der Waals surface area contributed by atoms with Crippen molar-refractivity contribution < 1.29 is 27.1 Å². The number of ether oxygens (including phenoxy) is 1. The summed E-state index contributed by atoms with van der Waals surface area (Å²) < 4.78 is 47.7. The maximum atomic E-state index is 13.8. The molecule has 1 N–H and O–H groups in total. The van der Waals surface area contributed by atoms with Gasteiger partial charge in [-0.25, -0.2) is 12.8 Å². The van der Waals surface area contributed by atoms with Gasteiger partial charge in [-0.1, -0.05) is 30.7 Å². The van der Waals surface area contributed by atoms with Crippen LogP contribution in [-0.4, -0.2) is 50.9 Å². The molecular formula is C29H33ClFN3O5S. The molecule has 0 aromatic heterocycles. The Morgan fingerprint density at radius 3 is 2.17 bits per heavy atom. The van der Waals surface area contributed by atoms with Gasteiger partial charge in [0.1, 0.15) is 24.2 Å². The largest absolute Gasteiger partial charge is 0.494 e. The number of anilines is 1. The van der Waals surface area contributed by atoms with Crippen molar-refractivity contribution in [3.8, 4) is 5.75 Å². The number of nitrogens with zero attached hydrogens (tertiary/aromatic N) is 2. The number of carbonyl (C=O) groups is 2. The second-order valence-corrected chi connectivity index (χ2v) is 11.3. The summed E-state index contributed by atoms with van der Waals surface area (Å²) in [6.07, 6.45) is 0.711. The molecule has 0 aliphatic heterocycles. The molecular weight excluding hydrogens is 557 g/mol. The number of nitrogens with one attached hydrogen (secondary N) is 1. The zero-order valence-electron chi connectivity index (χ0n) is 22.6. The summed E-state index contributed by atoms with van der Waals surface area (Å²) >= 11 is 6.01. The topological polar surface area (TPSA) is 96.0 Å². The van der Waals surface area contributed by atoms with E-state index in [2.05, 4.69) is 5.32 Å². The van der Waals surface area contributed by atoms with Crippen molar-refractivity contribution in [2.75, 3.05) is 24.0 Å². The van der Waals surface area contributed by atoms with Gasteiger partial charge in [0.2, 0.25) is 11.8 Å². The number of halogens is 2. The van der Waals surface area contributed by atoms with Gasteiger partial charge < -0.3 is 15.0 Å². The second-order valence-electron chi connectivity index (χ2n) is 9.01. The van der Waals surface area contributed by atoms with E-state index in [1.54, 1.807) is 31.2 Å². The average Bonchev–Trinajstić information content (AvgIpc) is 2.94. The van der Waals surface area contributed by atoms with E-state index in [0.29, 0.717) is 35.9 Å². The predicted molar refractivity (Wildman–Crippen MR) is 153 cm³/mol. The fraction of sp³-hybridized carbons (Fsp3) is 0.310. The molecule has 3 aromatic carbocycles. The SMILES string of the molecule is CCCNC(=O)C(C)N(Cc1ccc(Cl)cc1)C(=O)CN(c1ccc(F)cc1)S(=O)(=O)c1ccc(OCC)cc1. The van der Waals surface area contributed by atoms with Crippen LogP contribution in [0.25, 0.3) is 0 Å². The molecule has 0 radical (unpaired) electrons. The first kappa shape index (κ1) is 30.9. The Labute approximate surface area is 239 Å². The van der Waals surface area contributed by atoms with Gasteiger partial charge in [0.05, 0.1) is 17.2 Å². The molecule has 1 atom stereocenters. The van der Waals surface area contributed by atoms with Crippen LogP contribution in [0.2, 0.25) is 5.02 Å². The zero-order chi connectivity index (χ0) is 29.3. The number of rotatable bonds is 13. The first-order chi connectivity index (χ1) is 19.1. The quantitative estimate of drug-likeness (QED) is 0.302. The molecule has 0 aliphatic carbocycles. The minimum Gasteiger partial charge on any atom is -0.494 e. The van der Waals surface area contributed by atoms with Crippen LogP contribution in [-0.2, 0) is 26.2 Å². The molecule has 0 heterocycles. The lowest BCUT2D eigenvalue weighted by molar-refractivity contribution is -0.139. The second kappa shape index (κ2) is 14.1. The molecule has 3 rings (SSSR count). The molecule has 1 unspecified atom stereocenters. The van der Waals surface area contributed by atoms with E-state index in [1.807, 2.05) is 13.8 Å². The summed E-state index contributed by atoms with van der Waals surface area (Å²) in [7, 11) is -4.28. The van der Waals surface area contributed by atoms with Crippen LogP contribution in [0, 0.1) is 5.82 Å².